The van der Waals surface area contributed by atoms with Crippen molar-refractivity contribution in [1.82, 2.24) is 10.3 Å². The van der Waals surface area contributed by atoms with Crippen LogP contribution in [0.4, 0.5) is 11.5 Å². The van der Waals surface area contributed by atoms with E-state index in [-0.39, 0.29) is 11.8 Å². The number of anilines is 2. The van der Waals surface area contributed by atoms with E-state index in [1.807, 2.05) is 17.0 Å². The molecule has 2 N–H and O–H groups in total. The number of nitrogens with one attached hydrogen (secondary N) is 2. The lowest BCUT2D eigenvalue weighted by molar-refractivity contribution is -0.120. The van der Waals surface area contributed by atoms with Gasteiger partial charge in [-0.1, -0.05) is 12.2 Å². The lowest BCUT2D eigenvalue weighted by atomic mass is 10.1. The molecule has 116 valence electrons. The van der Waals surface area contributed by atoms with Crippen LogP contribution < -0.4 is 15.5 Å². The molecule has 1 aromatic rings. The van der Waals surface area contributed by atoms with Crippen molar-refractivity contribution >= 4 is 23.3 Å². The first kappa shape index (κ1) is 14.6. The third-order valence-electron chi connectivity index (χ3n) is 3.95. The van der Waals surface area contributed by atoms with Gasteiger partial charge in [-0.3, -0.25) is 9.59 Å². The van der Waals surface area contributed by atoms with Gasteiger partial charge >= 0.3 is 0 Å². The highest BCUT2D eigenvalue weighted by atomic mass is 16.2. The maximum Gasteiger partial charge on any atom is 0.239 e. The van der Waals surface area contributed by atoms with Gasteiger partial charge in [-0.15, -0.1) is 0 Å². The Morgan fingerprint density at radius 1 is 1.45 bits per heavy atom. The number of nitrogens with zero attached hydrogens (tertiary/aromatic N) is 2. The zero-order chi connectivity index (χ0) is 15.4. The fourth-order valence-electron chi connectivity index (χ4n) is 2.80. The highest BCUT2D eigenvalue weighted by Gasteiger charge is 2.18. The average Bonchev–Trinajstić information content (AvgIpc) is 3.01. The molecular formula is C16H20N4O2. The fourth-order valence-corrected chi connectivity index (χ4v) is 2.80. The number of allylic oxidation sites excluding steroid dienone is 2. The SMILES string of the molecule is O=C1CN(c2ccc(NC(=O)CC3C=CCC3)cn2)CCN1. The second-order valence-corrected chi connectivity index (χ2v) is 5.69. The molecule has 2 amide bonds. The predicted octanol–water partition coefficient (Wildman–Crippen LogP) is 1.31. The maximum atomic E-state index is 12.0. The van der Waals surface area contributed by atoms with E-state index in [2.05, 4.69) is 27.8 Å². The normalized spacial score (nSPS) is 20.8. The van der Waals surface area contributed by atoms with Crippen molar-refractivity contribution < 1.29 is 9.59 Å². The Balaban J connectivity index is 1.55. The molecule has 3 rings (SSSR count). The summed E-state index contributed by atoms with van der Waals surface area (Å²) in [7, 11) is 0. The summed E-state index contributed by atoms with van der Waals surface area (Å²) >= 11 is 0. The van der Waals surface area contributed by atoms with E-state index in [0.29, 0.717) is 31.1 Å². The molecule has 0 aromatic carbocycles. The Morgan fingerprint density at radius 2 is 2.36 bits per heavy atom. The van der Waals surface area contributed by atoms with Crippen LogP contribution in [-0.2, 0) is 9.59 Å². The highest BCUT2D eigenvalue weighted by Crippen LogP contribution is 2.21. The minimum atomic E-state index is 0.00930. The number of hydrogen-bond acceptors (Lipinski definition) is 4. The van der Waals surface area contributed by atoms with E-state index < -0.39 is 0 Å². The van der Waals surface area contributed by atoms with Crippen LogP contribution in [0.25, 0.3) is 0 Å². The molecule has 6 heteroatoms. The molecule has 0 radical (unpaired) electrons. The Bertz CT molecular complexity index is 582. The van der Waals surface area contributed by atoms with Crippen LogP contribution in [0.1, 0.15) is 19.3 Å². The van der Waals surface area contributed by atoms with Gasteiger partial charge in [-0.2, -0.15) is 0 Å². The lowest BCUT2D eigenvalue weighted by Gasteiger charge is -2.27. The van der Waals surface area contributed by atoms with Crippen LogP contribution in [0.15, 0.2) is 30.5 Å². The van der Waals surface area contributed by atoms with E-state index in [9.17, 15) is 9.59 Å². The van der Waals surface area contributed by atoms with Crippen molar-refractivity contribution in [2.45, 2.75) is 19.3 Å². The molecular weight excluding hydrogens is 280 g/mol. The summed E-state index contributed by atoms with van der Waals surface area (Å²) in [6.07, 6.45) is 8.53. The number of aromatic nitrogens is 1. The first-order valence-electron chi connectivity index (χ1n) is 7.65. The van der Waals surface area contributed by atoms with Crippen LogP contribution in [-0.4, -0.2) is 36.4 Å². The molecule has 1 atom stereocenters. The second-order valence-electron chi connectivity index (χ2n) is 5.69. The largest absolute Gasteiger partial charge is 0.353 e. The first-order chi connectivity index (χ1) is 10.7. The molecule has 2 aliphatic rings. The summed E-state index contributed by atoms with van der Waals surface area (Å²) in [5.74, 6) is 1.14. The molecule has 6 nitrogen and oxygen atoms in total. The number of carbonyl (C=O) groups is 2. The van der Waals surface area contributed by atoms with E-state index in [1.165, 1.54) is 0 Å². The van der Waals surface area contributed by atoms with Gasteiger partial charge in [0.25, 0.3) is 0 Å². The van der Waals surface area contributed by atoms with E-state index in [4.69, 9.17) is 0 Å². The minimum Gasteiger partial charge on any atom is -0.353 e. The third-order valence-corrected chi connectivity index (χ3v) is 3.95. The molecule has 0 saturated carbocycles. The van der Waals surface area contributed by atoms with Crippen LogP contribution in [0, 0.1) is 5.92 Å². The monoisotopic (exact) mass is 300 g/mol. The summed E-state index contributed by atoms with van der Waals surface area (Å²) in [6, 6.07) is 3.67. The van der Waals surface area contributed by atoms with Gasteiger partial charge in [-0.25, -0.2) is 4.98 Å². The van der Waals surface area contributed by atoms with Crippen molar-refractivity contribution in [3.8, 4) is 0 Å². The molecule has 1 aromatic heterocycles. The number of pyridine rings is 1. The molecule has 1 fully saturated rings. The molecule has 2 heterocycles. The topological polar surface area (TPSA) is 74.3 Å². The van der Waals surface area contributed by atoms with Gasteiger partial charge in [-0.05, 0) is 30.9 Å². The van der Waals surface area contributed by atoms with Crippen LogP contribution in [0.3, 0.4) is 0 Å². The van der Waals surface area contributed by atoms with Gasteiger partial charge < -0.3 is 15.5 Å². The quantitative estimate of drug-likeness (QED) is 0.822. The van der Waals surface area contributed by atoms with E-state index in [0.717, 1.165) is 25.2 Å². The van der Waals surface area contributed by atoms with Crippen LogP contribution in [0.2, 0.25) is 0 Å². The van der Waals surface area contributed by atoms with Crippen LogP contribution in [0.5, 0.6) is 0 Å². The smallest absolute Gasteiger partial charge is 0.239 e. The molecule has 1 aliphatic carbocycles. The van der Waals surface area contributed by atoms with Gasteiger partial charge in [0, 0.05) is 19.5 Å². The van der Waals surface area contributed by atoms with E-state index in [1.54, 1.807) is 6.20 Å². The minimum absolute atomic E-state index is 0.00930. The fraction of sp³-hybridized carbons (Fsp3) is 0.438. The number of hydrogen-bond donors (Lipinski definition) is 2. The van der Waals surface area contributed by atoms with Gasteiger partial charge in [0.05, 0.1) is 18.4 Å². The van der Waals surface area contributed by atoms with Crippen molar-refractivity contribution in [2.24, 2.45) is 5.92 Å². The number of amides is 2. The molecule has 0 spiro atoms. The van der Waals surface area contributed by atoms with Crippen molar-refractivity contribution in [2.75, 3.05) is 29.9 Å². The number of rotatable bonds is 4. The third kappa shape index (κ3) is 3.63. The van der Waals surface area contributed by atoms with Gasteiger partial charge in [0.1, 0.15) is 5.82 Å². The summed E-state index contributed by atoms with van der Waals surface area (Å²) in [6.45, 7) is 1.71. The standard InChI is InChI=1S/C16H20N4O2/c21-15(9-12-3-1-2-4-12)19-13-5-6-14(18-10-13)20-8-7-17-16(22)11-20/h1,3,5-6,10,12H,2,4,7-9,11H2,(H,17,22)(H,19,21). The van der Waals surface area contributed by atoms with Crippen molar-refractivity contribution in [1.29, 1.82) is 0 Å². The average molecular weight is 300 g/mol. The highest BCUT2D eigenvalue weighted by molar-refractivity contribution is 5.91. The summed E-state index contributed by atoms with van der Waals surface area (Å²) in [5.41, 5.74) is 0.692. The summed E-state index contributed by atoms with van der Waals surface area (Å²) < 4.78 is 0. The Morgan fingerprint density at radius 3 is 3.05 bits per heavy atom. The van der Waals surface area contributed by atoms with Gasteiger partial charge in [0.15, 0.2) is 0 Å². The zero-order valence-corrected chi connectivity index (χ0v) is 12.4. The summed E-state index contributed by atoms with van der Waals surface area (Å²) in [5, 5.41) is 5.66. The molecule has 22 heavy (non-hydrogen) atoms. The molecule has 0 bridgehead atoms. The molecule has 1 unspecified atom stereocenters. The number of carbonyl (C=O) groups excluding carboxylic acids is 2. The first-order valence-corrected chi connectivity index (χ1v) is 7.65. The van der Waals surface area contributed by atoms with Crippen molar-refractivity contribution in [3.05, 3.63) is 30.5 Å². The Labute approximate surface area is 129 Å². The lowest BCUT2D eigenvalue weighted by Crippen LogP contribution is -2.48. The zero-order valence-electron chi connectivity index (χ0n) is 12.4. The van der Waals surface area contributed by atoms with Crippen molar-refractivity contribution in [3.63, 3.8) is 0 Å². The molecule has 1 saturated heterocycles. The Kier molecular flexibility index (Phi) is 4.37. The second kappa shape index (κ2) is 6.60. The Hall–Kier alpha value is -2.37. The maximum absolute atomic E-state index is 12.0. The summed E-state index contributed by atoms with van der Waals surface area (Å²) in [4.78, 5) is 29.6. The van der Waals surface area contributed by atoms with Crippen LogP contribution >= 0.6 is 0 Å². The van der Waals surface area contributed by atoms with E-state index >= 15 is 0 Å². The number of piperazine rings is 1. The predicted molar refractivity (Wildman–Crippen MR) is 84.6 cm³/mol. The van der Waals surface area contributed by atoms with Gasteiger partial charge in [0.2, 0.25) is 11.8 Å². The molecule has 1 aliphatic heterocycles.